The Labute approximate surface area is 126 Å². The van der Waals surface area contributed by atoms with Crippen LogP contribution in [0, 0.1) is 11.8 Å². The summed E-state index contributed by atoms with van der Waals surface area (Å²) >= 11 is 6.20. The van der Waals surface area contributed by atoms with E-state index < -0.39 is 0 Å². The molecule has 2 atom stereocenters. The normalized spacial score (nSPS) is 28.9. The summed E-state index contributed by atoms with van der Waals surface area (Å²) in [6, 6.07) is 7.18. The smallest absolute Gasteiger partial charge is 0.0413 e. The molecule has 2 unspecified atom stereocenters. The second-order valence-electron chi connectivity index (χ2n) is 6.78. The van der Waals surface area contributed by atoms with Crippen LogP contribution in [0.25, 0.3) is 0 Å². The molecule has 20 heavy (non-hydrogen) atoms. The Balaban J connectivity index is 1.53. The molecular formula is C17H23ClN2. The molecule has 1 N–H and O–H groups in total. The summed E-state index contributed by atoms with van der Waals surface area (Å²) in [6.45, 7) is 3.47. The number of nitrogens with zero attached hydrogens (tertiary/aromatic N) is 1. The molecule has 0 amide bonds. The molecule has 0 bridgehead atoms. The Morgan fingerprint density at radius 3 is 2.55 bits per heavy atom. The van der Waals surface area contributed by atoms with Crippen molar-refractivity contribution >= 4 is 17.3 Å². The van der Waals surface area contributed by atoms with E-state index in [1.807, 2.05) is 6.07 Å². The molecule has 1 heterocycles. The van der Waals surface area contributed by atoms with E-state index in [1.165, 1.54) is 56.4 Å². The molecule has 2 saturated carbocycles. The minimum atomic E-state index is 0.750. The van der Waals surface area contributed by atoms with Crippen molar-refractivity contribution in [2.75, 3.05) is 18.0 Å². The molecule has 0 spiro atoms. The maximum atomic E-state index is 6.20. The van der Waals surface area contributed by atoms with Crippen LogP contribution < -0.4 is 10.2 Å². The standard InChI is InChI=1S/C17H23ClN2/c18-15-4-7-17(14(8-15)9-19-16-5-6-16)20-10-12-2-1-3-13(12)11-20/h4,7-8,12-13,16,19H,1-3,5-6,9-11H2. The highest BCUT2D eigenvalue weighted by atomic mass is 35.5. The zero-order valence-corrected chi connectivity index (χ0v) is 12.7. The Morgan fingerprint density at radius 2 is 1.85 bits per heavy atom. The number of fused-ring (bicyclic) bond motifs is 1. The minimum Gasteiger partial charge on any atom is -0.371 e. The topological polar surface area (TPSA) is 15.3 Å². The van der Waals surface area contributed by atoms with Crippen LogP contribution in [0.3, 0.4) is 0 Å². The highest BCUT2D eigenvalue weighted by Crippen LogP contribution is 2.40. The summed E-state index contributed by atoms with van der Waals surface area (Å²) in [4.78, 5) is 2.61. The Hall–Kier alpha value is -0.730. The first-order valence-corrected chi connectivity index (χ1v) is 8.44. The molecule has 0 aromatic heterocycles. The van der Waals surface area contributed by atoms with Crippen LogP contribution in [0.15, 0.2) is 18.2 Å². The average molecular weight is 291 g/mol. The van der Waals surface area contributed by atoms with Crippen molar-refractivity contribution in [3.05, 3.63) is 28.8 Å². The summed E-state index contributed by atoms with van der Waals surface area (Å²) < 4.78 is 0. The van der Waals surface area contributed by atoms with Gasteiger partial charge in [-0.3, -0.25) is 0 Å². The van der Waals surface area contributed by atoms with Crippen LogP contribution in [0.1, 0.15) is 37.7 Å². The van der Waals surface area contributed by atoms with Gasteiger partial charge in [-0.05, 0) is 61.3 Å². The fourth-order valence-electron chi connectivity index (χ4n) is 3.98. The molecule has 3 aliphatic rings. The van der Waals surface area contributed by atoms with Gasteiger partial charge in [0.15, 0.2) is 0 Å². The first kappa shape index (κ1) is 13.0. The van der Waals surface area contributed by atoms with Gasteiger partial charge in [-0.25, -0.2) is 0 Å². The molecular weight excluding hydrogens is 268 g/mol. The molecule has 3 fully saturated rings. The van der Waals surface area contributed by atoms with Crippen molar-refractivity contribution in [1.29, 1.82) is 0 Å². The largest absolute Gasteiger partial charge is 0.371 e. The van der Waals surface area contributed by atoms with Crippen LogP contribution in [-0.4, -0.2) is 19.1 Å². The van der Waals surface area contributed by atoms with E-state index >= 15 is 0 Å². The van der Waals surface area contributed by atoms with Crippen molar-refractivity contribution < 1.29 is 0 Å². The van der Waals surface area contributed by atoms with E-state index in [0.717, 1.165) is 29.4 Å². The zero-order chi connectivity index (χ0) is 13.5. The van der Waals surface area contributed by atoms with E-state index in [9.17, 15) is 0 Å². The number of hydrogen-bond acceptors (Lipinski definition) is 2. The molecule has 1 saturated heterocycles. The van der Waals surface area contributed by atoms with Crippen molar-refractivity contribution in [3.8, 4) is 0 Å². The lowest BCUT2D eigenvalue weighted by Gasteiger charge is -2.23. The monoisotopic (exact) mass is 290 g/mol. The van der Waals surface area contributed by atoms with Gasteiger partial charge in [-0.2, -0.15) is 0 Å². The van der Waals surface area contributed by atoms with Gasteiger partial charge in [0.25, 0.3) is 0 Å². The van der Waals surface area contributed by atoms with Gasteiger partial charge in [0.05, 0.1) is 0 Å². The third kappa shape index (κ3) is 2.56. The van der Waals surface area contributed by atoms with Gasteiger partial charge in [0.2, 0.25) is 0 Å². The molecule has 3 heteroatoms. The summed E-state index contributed by atoms with van der Waals surface area (Å²) in [6.07, 6.45) is 6.99. The fraction of sp³-hybridized carbons (Fsp3) is 0.647. The van der Waals surface area contributed by atoms with E-state index in [-0.39, 0.29) is 0 Å². The quantitative estimate of drug-likeness (QED) is 0.907. The van der Waals surface area contributed by atoms with Crippen LogP contribution in [-0.2, 0) is 6.54 Å². The van der Waals surface area contributed by atoms with Crippen molar-refractivity contribution in [1.82, 2.24) is 5.32 Å². The molecule has 1 aromatic rings. The second-order valence-corrected chi connectivity index (χ2v) is 7.22. The summed E-state index contributed by atoms with van der Waals surface area (Å²) in [7, 11) is 0. The van der Waals surface area contributed by atoms with Gasteiger partial charge >= 0.3 is 0 Å². The van der Waals surface area contributed by atoms with Crippen LogP contribution in [0.2, 0.25) is 5.02 Å². The highest BCUT2D eigenvalue weighted by molar-refractivity contribution is 6.30. The number of halogens is 1. The van der Waals surface area contributed by atoms with Gasteiger partial charge in [0, 0.05) is 36.4 Å². The lowest BCUT2D eigenvalue weighted by atomic mass is 10.0. The molecule has 108 valence electrons. The third-order valence-corrected chi connectivity index (χ3v) is 5.50. The molecule has 2 aliphatic carbocycles. The summed E-state index contributed by atoms with van der Waals surface area (Å²) in [5, 5.41) is 4.49. The minimum absolute atomic E-state index is 0.750. The lowest BCUT2D eigenvalue weighted by Crippen LogP contribution is -2.24. The number of anilines is 1. The van der Waals surface area contributed by atoms with E-state index in [0.29, 0.717) is 0 Å². The molecule has 2 nitrogen and oxygen atoms in total. The van der Waals surface area contributed by atoms with Gasteiger partial charge in [-0.15, -0.1) is 0 Å². The van der Waals surface area contributed by atoms with E-state index in [1.54, 1.807) is 0 Å². The first-order valence-electron chi connectivity index (χ1n) is 8.06. The Morgan fingerprint density at radius 1 is 1.10 bits per heavy atom. The van der Waals surface area contributed by atoms with Gasteiger partial charge in [0.1, 0.15) is 0 Å². The van der Waals surface area contributed by atoms with E-state index in [4.69, 9.17) is 11.6 Å². The fourth-order valence-corrected chi connectivity index (χ4v) is 4.17. The number of hydrogen-bond donors (Lipinski definition) is 1. The van der Waals surface area contributed by atoms with Crippen molar-refractivity contribution in [3.63, 3.8) is 0 Å². The lowest BCUT2D eigenvalue weighted by molar-refractivity contribution is 0.494. The average Bonchev–Trinajstić information content (AvgIpc) is 3.02. The molecule has 1 aliphatic heterocycles. The SMILES string of the molecule is Clc1ccc(N2CC3CCCC3C2)c(CNC2CC2)c1. The highest BCUT2D eigenvalue weighted by Gasteiger charge is 2.36. The summed E-state index contributed by atoms with van der Waals surface area (Å²) in [5.41, 5.74) is 2.79. The summed E-state index contributed by atoms with van der Waals surface area (Å²) in [5.74, 6) is 1.88. The van der Waals surface area contributed by atoms with Gasteiger partial charge in [-0.1, -0.05) is 18.0 Å². The molecule has 0 radical (unpaired) electrons. The Bertz CT molecular complexity index is 486. The predicted molar refractivity (Wildman–Crippen MR) is 84.4 cm³/mol. The van der Waals surface area contributed by atoms with Crippen LogP contribution in [0.5, 0.6) is 0 Å². The predicted octanol–water partition coefficient (Wildman–Crippen LogP) is 3.83. The number of nitrogens with one attached hydrogen (secondary N) is 1. The maximum absolute atomic E-state index is 6.20. The second kappa shape index (κ2) is 5.23. The third-order valence-electron chi connectivity index (χ3n) is 5.27. The van der Waals surface area contributed by atoms with Crippen molar-refractivity contribution in [2.45, 2.75) is 44.7 Å². The maximum Gasteiger partial charge on any atom is 0.0413 e. The van der Waals surface area contributed by atoms with E-state index in [2.05, 4.69) is 22.3 Å². The Kier molecular flexibility index (Phi) is 3.39. The number of rotatable bonds is 4. The number of benzene rings is 1. The van der Waals surface area contributed by atoms with Crippen molar-refractivity contribution in [2.24, 2.45) is 11.8 Å². The van der Waals surface area contributed by atoms with Crippen LogP contribution >= 0.6 is 11.6 Å². The first-order chi connectivity index (χ1) is 9.79. The van der Waals surface area contributed by atoms with Gasteiger partial charge < -0.3 is 10.2 Å². The zero-order valence-electron chi connectivity index (χ0n) is 11.9. The van der Waals surface area contributed by atoms with Crippen LogP contribution in [0.4, 0.5) is 5.69 Å². The molecule has 1 aromatic carbocycles. The molecule has 4 rings (SSSR count).